The largest absolute Gasteiger partial charge is 0.355 e. The Morgan fingerprint density at radius 1 is 0.931 bits per heavy atom. The van der Waals surface area contributed by atoms with Crippen molar-refractivity contribution >= 4 is 11.8 Å². The topological polar surface area (TPSA) is 80.2 Å². The van der Waals surface area contributed by atoms with Gasteiger partial charge >= 0.3 is 0 Å². The number of carbonyl (C=O) groups is 2. The van der Waals surface area contributed by atoms with E-state index in [9.17, 15) is 14.4 Å². The van der Waals surface area contributed by atoms with Gasteiger partial charge in [0.2, 0.25) is 5.43 Å². The number of fused-ring (bicyclic) bond motifs is 1. The number of rotatable bonds is 4. The molecular weight excluding hydrogens is 366 g/mol. The van der Waals surface area contributed by atoms with E-state index in [-0.39, 0.29) is 23.2 Å². The van der Waals surface area contributed by atoms with Crippen molar-refractivity contribution in [3.05, 3.63) is 69.1 Å². The molecule has 2 aliphatic carbocycles. The lowest BCUT2D eigenvalue weighted by atomic mass is 9.95. The van der Waals surface area contributed by atoms with Crippen LogP contribution in [-0.4, -0.2) is 29.5 Å². The van der Waals surface area contributed by atoms with E-state index in [2.05, 4.69) is 22.8 Å². The van der Waals surface area contributed by atoms with Crippen LogP contribution in [0.25, 0.3) is 0 Å². The number of amides is 2. The average Bonchev–Trinajstić information content (AvgIpc) is 3.16. The first-order valence-corrected chi connectivity index (χ1v) is 10.4. The Morgan fingerprint density at radius 3 is 2.10 bits per heavy atom. The summed E-state index contributed by atoms with van der Waals surface area (Å²) < 4.78 is 1.91. The third-order valence-corrected chi connectivity index (χ3v) is 6.14. The van der Waals surface area contributed by atoms with Crippen molar-refractivity contribution in [2.24, 2.45) is 0 Å². The molecule has 0 aliphatic heterocycles. The molecule has 0 unspecified atom stereocenters. The van der Waals surface area contributed by atoms with Gasteiger partial charge in [-0.3, -0.25) is 14.4 Å². The molecular formula is C23H27N3O3. The Balaban J connectivity index is 1.62. The number of nitrogens with zero attached hydrogens (tertiary/aromatic N) is 1. The van der Waals surface area contributed by atoms with E-state index in [1.807, 2.05) is 16.7 Å². The van der Waals surface area contributed by atoms with Gasteiger partial charge in [0.15, 0.2) is 0 Å². The van der Waals surface area contributed by atoms with Gasteiger partial charge in [-0.15, -0.1) is 0 Å². The van der Waals surface area contributed by atoms with Gasteiger partial charge in [0.05, 0.1) is 0 Å². The SMILES string of the molecule is CNC(=O)c1cn(C2CCCCC2)cc(C(=O)NC2Cc3ccccc3C2)c1=O. The lowest BCUT2D eigenvalue weighted by molar-refractivity contribution is 0.0936. The monoisotopic (exact) mass is 393 g/mol. The number of hydrogen-bond acceptors (Lipinski definition) is 3. The van der Waals surface area contributed by atoms with E-state index < -0.39 is 17.2 Å². The van der Waals surface area contributed by atoms with Gasteiger partial charge in [-0.2, -0.15) is 0 Å². The van der Waals surface area contributed by atoms with Gasteiger partial charge < -0.3 is 15.2 Å². The van der Waals surface area contributed by atoms with Crippen molar-refractivity contribution in [3.63, 3.8) is 0 Å². The molecule has 152 valence electrons. The summed E-state index contributed by atoms with van der Waals surface area (Å²) in [5.74, 6) is -0.856. The summed E-state index contributed by atoms with van der Waals surface area (Å²) >= 11 is 0. The highest BCUT2D eigenvalue weighted by molar-refractivity contribution is 5.99. The lowest BCUT2D eigenvalue weighted by Gasteiger charge is -2.25. The van der Waals surface area contributed by atoms with Crippen LogP contribution in [0.2, 0.25) is 0 Å². The van der Waals surface area contributed by atoms with E-state index in [1.54, 1.807) is 12.4 Å². The molecule has 0 atom stereocenters. The Morgan fingerprint density at radius 2 is 1.52 bits per heavy atom. The summed E-state index contributed by atoms with van der Waals surface area (Å²) in [6.45, 7) is 0. The van der Waals surface area contributed by atoms with Gasteiger partial charge in [-0.05, 0) is 36.8 Å². The maximum Gasteiger partial charge on any atom is 0.257 e. The average molecular weight is 393 g/mol. The van der Waals surface area contributed by atoms with Crippen molar-refractivity contribution in [1.29, 1.82) is 0 Å². The van der Waals surface area contributed by atoms with Gasteiger partial charge in [0.1, 0.15) is 11.1 Å². The van der Waals surface area contributed by atoms with E-state index in [1.165, 1.54) is 24.6 Å². The van der Waals surface area contributed by atoms with Crippen LogP contribution in [0, 0.1) is 0 Å². The molecule has 0 saturated heterocycles. The fourth-order valence-electron chi connectivity index (χ4n) is 4.57. The molecule has 2 aromatic rings. The highest BCUT2D eigenvalue weighted by atomic mass is 16.2. The van der Waals surface area contributed by atoms with Crippen LogP contribution in [0.15, 0.2) is 41.5 Å². The Kier molecular flexibility index (Phi) is 5.51. The van der Waals surface area contributed by atoms with Crippen molar-refractivity contribution in [1.82, 2.24) is 15.2 Å². The summed E-state index contributed by atoms with van der Waals surface area (Å²) in [6.07, 6.45) is 10.2. The molecule has 6 nitrogen and oxygen atoms in total. The second-order valence-electron chi connectivity index (χ2n) is 8.08. The first-order chi connectivity index (χ1) is 14.1. The summed E-state index contributed by atoms with van der Waals surface area (Å²) in [6, 6.07) is 8.33. The summed E-state index contributed by atoms with van der Waals surface area (Å²) in [5, 5.41) is 5.53. The maximum atomic E-state index is 13.0. The number of aromatic nitrogens is 1. The number of nitrogens with one attached hydrogen (secondary N) is 2. The first kappa shape index (κ1) is 19.4. The normalized spacial score (nSPS) is 17.0. The molecule has 1 fully saturated rings. The van der Waals surface area contributed by atoms with Crippen molar-refractivity contribution in [2.75, 3.05) is 7.05 Å². The Bertz CT molecular complexity index is 964. The minimum absolute atomic E-state index is 0.0282. The molecule has 1 aromatic heterocycles. The summed E-state index contributed by atoms with van der Waals surface area (Å²) in [7, 11) is 1.50. The zero-order valence-electron chi connectivity index (χ0n) is 16.7. The third-order valence-electron chi connectivity index (χ3n) is 6.14. The van der Waals surface area contributed by atoms with Crippen molar-refractivity contribution in [2.45, 2.75) is 57.0 Å². The summed E-state index contributed by atoms with van der Waals surface area (Å²) in [4.78, 5) is 38.2. The van der Waals surface area contributed by atoms with Gasteiger partial charge in [0.25, 0.3) is 11.8 Å². The van der Waals surface area contributed by atoms with Crippen LogP contribution in [0.1, 0.15) is 70.0 Å². The molecule has 1 heterocycles. The highest BCUT2D eigenvalue weighted by Crippen LogP contribution is 2.28. The predicted molar refractivity (Wildman–Crippen MR) is 111 cm³/mol. The molecule has 4 rings (SSSR count). The van der Waals surface area contributed by atoms with Gasteiger partial charge in [-0.25, -0.2) is 0 Å². The molecule has 29 heavy (non-hydrogen) atoms. The van der Waals surface area contributed by atoms with E-state index >= 15 is 0 Å². The van der Waals surface area contributed by atoms with Crippen LogP contribution in [0.5, 0.6) is 0 Å². The van der Waals surface area contributed by atoms with Crippen LogP contribution >= 0.6 is 0 Å². The van der Waals surface area contributed by atoms with Crippen molar-refractivity contribution < 1.29 is 9.59 Å². The Labute approximate surface area is 170 Å². The van der Waals surface area contributed by atoms with E-state index in [0.717, 1.165) is 38.5 Å². The zero-order valence-corrected chi connectivity index (χ0v) is 16.7. The minimum atomic E-state index is -0.510. The second-order valence-corrected chi connectivity index (χ2v) is 8.08. The molecule has 2 aliphatic rings. The van der Waals surface area contributed by atoms with Gasteiger partial charge in [-0.1, -0.05) is 43.5 Å². The highest BCUT2D eigenvalue weighted by Gasteiger charge is 2.26. The lowest BCUT2D eigenvalue weighted by Crippen LogP contribution is -2.40. The fourth-order valence-corrected chi connectivity index (χ4v) is 4.57. The molecule has 1 saturated carbocycles. The standard InChI is InChI=1S/C23H27N3O3/c1-24-22(28)19-13-26(18-9-3-2-4-10-18)14-20(21(19)27)23(29)25-17-11-15-7-5-6-8-16(15)12-17/h5-8,13-14,17-18H,2-4,9-12H2,1H3,(H,24,28)(H,25,29). The number of pyridine rings is 1. The molecule has 2 N–H and O–H groups in total. The first-order valence-electron chi connectivity index (χ1n) is 10.4. The Hall–Kier alpha value is -2.89. The third kappa shape index (κ3) is 3.97. The number of benzene rings is 1. The van der Waals surface area contributed by atoms with Crippen LogP contribution in [0.4, 0.5) is 0 Å². The van der Waals surface area contributed by atoms with Crippen molar-refractivity contribution in [3.8, 4) is 0 Å². The molecule has 1 aromatic carbocycles. The number of carbonyl (C=O) groups excluding carboxylic acids is 2. The quantitative estimate of drug-likeness (QED) is 0.838. The smallest absolute Gasteiger partial charge is 0.257 e. The maximum absolute atomic E-state index is 13.0. The summed E-state index contributed by atoms with van der Waals surface area (Å²) in [5.41, 5.74) is 2.03. The molecule has 0 spiro atoms. The molecule has 6 heteroatoms. The second kappa shape index (κ2) is 8.23. The zero-order chi connectivity index (χ0) is 20.4. The molecule has 0 bridgehead atoms. The van der Waals surface area contributed by atoms with E-state index in [0.29, 0.717) is 0 Å². The number of hydrogen-bond donors (Lipinski definition) is 2. The van der Waals surface area contributed by atoms with Crippen LogP contribution in [0.3, 0.4) is 0 Å². The van der Waals surface area contributed by atoms with Crippen LogP contribution < -0.4 is 16.1 Å². The predicted octanol–water partition coefficient (Wildman–Crippen LogP) is 2.61. The molecule has 0 radical (unpaired) electrons. The minimum Gasteiger partial charge on any atom is -0.355 e. The van der Waals surface area contributed by atoms with Gasteiger partial charge in [0, 0.05) is 31.5 Å². The fraction of sp³-hybridized carbons (Fsp3) is 0.435. The molecule has 2 amide bonds. The van der Waals surface area contributed by atoms with Crippen LogP contribution in [-0.2, 0) is 12.8 Å². The van der Waals surface area contributed by atoms with E-state index in [4.69, 9.17) is 0 Å².